The Kier molecular flexibility index (Phi) is 10.6. The van der Waals surface area contributed by atoms with Crippen LogP contribution in [0, 0.1) is 0 Å². The van der Waals surface area contributed by atoms with Crippen LogP contribution in [-0.2, 0) is 14.3 Å². The van der Waals surface area contributed by atoms with Crippen molar-refractivity contribution in [2.45, 2.75) is 58.3 Å². The number of carbonyl (C=O) groups excluding carboxylic acids is 2. The van der Waals surface area contributed by atoms with Gasteiger partial charge in [0.1, 0.15) is 0 Å². The maximum absolute atomic E-state index is 11.7. The number of ether oxygens (including phenoxy) is 2. The van der Waals surface area contributed by atoms with E-state index in [0.29, 0.717) is 25.0 Å². The lowest BCUT2D eigenvalue weighted by atomic mass is 10.1. The average molecular weight is 320 g/mol. The summed E-state index contributed by atoms with van der Waals surface area (Å²) in [5.41, 5.74) is 0.535. The van der Waals surface area contributed by atoms with Crippen LogP contribution in [0.3, 0.4) is 0 Å². The van der Waals surface area contributed by atoms with Gasteiger partial charge in [0.05, 0.1) is 18.8 Å². The van der Waals surface area contributed by atoms with Crippen LogP contribution in [0.15, 0.2) is 30.3 Å². The van der Waals surface area contributed by atoms with Gasteiger partial charge in [0.25, 0.3) is 0 Å². The summed E-state index contributed by atoms with van der Waals surface area (Å²) in [5, 5.41) is 0. The Morgan fingerprint density at radius 1 is 0.826 bits per heavy atom. The van der Waals surface area contributed by atoms with E-state index in [1.807, 2.05) is 6.07 Å². The SMILES string of the molecule is CCCCCCCCC(=O)OCCCOC(=O)c1ccccc1. The minimum absolute atomic E-state index is 0.158. The summed E-state index contributed by atoms with van der Waals surface area (Å²) >= 11 is 0. The molecule has 0 aliphatic heterocycles. The van der Waals surface area contributed by atoms with Crippen molar-refractivity contribution in [1.82, 2.24) is 0 Å². The first kappa shape index (κ1) is 19.2. The minimum atomic E-state index is -0.344. The van der Waals surface area contributed by atoms with Gasteiger partial charge in [-0.15, -0.1) is 0 Å². The van der Waals surface area contributed by atoms with E-state index in [1.54, 1.807) is 24.3 Å². The standard InChI is InChI=1S/C19H28O4/c1-2-3-4-5-6-10-14-18(20)22-15-11-16-23-19(21)17-12-8-7-9-13-17/h7-9,12-13H,2-6,10-11,14-16H2,1H3. The summed E-state index contributed by atoms with van der Waals surface area (Å²) in [5.74, 6) is -0.501. The van der Waals surface area contributed by atoms with Crippen LogP contribution in [0.1, 0.15) is 68.6 Å². The molecule has 0 saturated carbocycles. The zero-order valence-corrected chi connectivity index (χ0v) is 14.1. The molecule has 0 bridgehead atoms. The van der Waals surface area contributed by atoms with Gasteiger partial charge in [0.15, 0.2) is 0 Å². The number of benzene rings is 1. The highest BCUT2D eigenvalue weighted by Gasteiger charge is 2.06. The molecule has 0 saturated heterocycles. The number of rotatable bonds is 12. The van der Waals surface area contributed by atoms with Gasteiger partial charge in [0.2, 0.25) is 0 Å². The molecule has 0 N–H and O–H groups in total. The van der Waals surface area contributed by atoms with Crippen molar-refractivity contribution in [1.29, 1.82) is 0 Å². The fourth-order valence-corrected chi connectivity index (χ4v) is 2.19. The first-order valence-corrected chi connectivity index (χ1v) is 8.62. The van der Waals surface area contributed by atoms with E-state index >= 15 is 0 Å². The van der Waals surface area contributed by atoms with E-state index < -0.39 is 0 Å². The van der Waals surface area contributed by atoms with Crippen LogP contribution in [0.4, 0.5) is 0 Å². The van der Waals surface area contributed by atoms with Gasteiger partial charge in [0, 0.05) is 12.8 Å². The van der Waals surface area contributed by atoms with Gasteiger partial charge >= 0.3 is 11.9 Å². The molecule has 0 aliphatic rings. The van der Waals surface area contributed by atoms with Gasteiger partial charge in [-0.3, -0.25) is 4.79 Å². The quantitative estimate of drug-likeness (QED) is 0.419. The summed E-state index contributed by atoms with van der Waals surface area (Å²) in [6.45, 7) is 2.75. The van der Waals surface area contributed by atoms with Crippen LogP contribution < -0.4 is 0 Å². The second-order valence-corrected chi connectivity index (χ2v) is 5.59. The van der Waals surface area contributed by atoms with Crippen LogP contribution in [0.2, 0.25) is 0 Å². The first-order valence-electron chi connectivity index (χ1n) is 8.62. The van der Waals surface area contributed by atoms with Crippen LogP contribution in [0.5, 0.6) is 0 Å². The van der Waals surface area contributed by atoms with E-state index in [0.717, 1.165) is 12.8 Å². The van der Waals surface area contributed by atoms with E-state index in [1.165, 1.54) is 25.7 Å². The summed E-state index contributed by atoms with van der Waals surface area (Å²) < 4.78 is 10.2. The Bertz CT molecular complexity index is 442. The highest BCUT2D eigenvalue weighted by Crippen LogP contribution is 2.07. The molecule has 0 unspecified atom stereocenters. The van der Waals surface area contributed by atoms with Gasteiger partial charge in [-0.25, -0.2) is 4.79 Å². The van der Waals surface area contributed by atoms with Crippen molar-refractivity contribution in [3.63, 3.8) is 0 Å². The third-order valence-corrected chi connectivity index (χ3v) is 3.53. The molecular formula is C19H28O4. The molecule has 0 aromatic heterocycles. The second kappa shape index (κ2) is 12.7. The number of unbranched alkanes of at least 4 members (excludes halogenated alkanes) is 5. The van der Waals surface area contributed by atoms with E-state index in [9.17, 15) is 9.59 Å². The molecule has 0 fully saturated rings. The lowest BCUT2D eigenvalue weighted by molar-refractivity contribution is -0.144. The second-order valence-electron chi connectivity index (χ2n) is 5.59. The molecule has 128 valence electrons. The number of esters is 2. The molecule has 4 nitrogen and oxygen atoms in total. The molecule has 0 heterocycles. The van der Waals surface area contributed by atoms with Crippen LogP contribution >= 0.6 is 0 Å². The Labute approximate surface area is 139 Å². The van der Waals surface area contributed by atoms with Crippen LogP contribution in [0.25, 0.3) is 0 Å². The molecule has 1 rings (SSSR count). The smallest absolute Gasteiger partial charge is 0.338 e. The fraction of sp³-hybridized carbons (Fsp3) is 0.579. The minimum Gasteiger partial charge on any atom is -0.466 e. The first-order chi connectivity index (χ1) is 11.2. The van der Waals surface area contributed by atoms with Gasteiger partial charge in [-0.2, -0.15) is 0 Å². The average Bonchev–Trinajstić information content (AvgIpc) is 2.58. The maximum Gasteiger partial charge on any atom is 0.338 e. The Hall–Kier alpha value is -1.84. The molecule has 0 spiro atoms. The van der Waals surface area contributed by atoms with E-state index in [2.05, 4.69) is 6.92 Å². The van der Waals surface area contributed by atoms with Crippen molar-refractivity contribution in [2.24, 2.45) is 0 Å². The largest absolute Gasteiger partial charge is 0.466 e. The normalized spacial score (nSPS) is 10.3. The zero-order valence-electron chi connectivity index (χ0n) is 14.1. The molecule has 4 heteroatoms. The zero-order chi connectivity index (χ0) is 16.8. The summed E-state index contributed by atoms with van der Waals surface area (Å²) in [4.78, 5) is 23.2. The topological polar surface area (TPSA) is 52.6 Å². The van der Waals surface area contributed by atoms with Gasteiger partial charge < -0.3 is 9.47 Å². The third-order valence-electron chi connectivity index (χ3n) is 3.53. The molecule has 0 radical (unpaired) electrons. The van der Waals surface area contributed by atoms with Gasteiger partial charge in [-0.1, -0.05) is 57.2 Å². The molecule has 0 amide bonds. The van der Waals surface area contributed by atoms with Gasteiger partial charge in [-0.05, 0) is 18.6 Å². The monoisotopic (exact) mass is 320 g/mol. The predicted molar refractivity (Wildman–Crippen MR) is 90.3 cm³/mol. The maximum atomic E-state index is 11.7. The van der Waals surface area contributed by atoms with Crippen LogP contribution in [-0.4, -0.2) is 25.2 Å². The Morgan fingerprint density at radius 3 is 2.22 bits per heavy atom. The van der Waals surface area contributed by atoms with Crippen molar-refractivity contribution in [3.05, 3.63) is 35.9 Å². The molecule has 1 aromatic rings. The lowest BCUT2D eigenvalue weighted by Crippen LogP contribution is -2.10. The van der Waals surface area contributed by atoms with Crippen molar-refractivity contribution < 1.29 is 19.1 Å². The molecule has 1 aromatic carbocycles. The van der Waals surface area contributed by atoms with Crippen molar-refractivity contribution in [3.8, 4) is 0 Å². The molecule has 0 atom stereocenters. The molecule has 0 aliphatic carbocycles. The van der Waals surface area contributed by atoms with E-state index in [-0.39, 0.29) is 18.5 Å². The summed E-state index contributed by atoms with van der Waals surface area (Å²) in [6, 6.07) is 8.85. The highest BCUT2D eigenvalue weighted by atomic mass is 16.5. The summed E-state index contributed by atoms with van der Waals surface area (Å²) in [6.07, 6.45) is 7.93. The Balaban J connectivity index is 1.96. The Morgan fingerprint density at radius 2 is 1.48 bits per heavy atom. The van der Waals surface area contributed by atoms with Crippen molar-refractivity contribution >= 4 is 11.9 Å². The van der Waals surface area contributed by atoms with Crippen molar-refractivity contribution in [2.75, 3.05) is 13.2 Å². The van der Waals surface area contributed by atoms with E-state index in [4.69, 9.17) is 9.47 Å². The molecular weight excluding hydrogens is 292 g/mol. The highest BCUT2D eigenvalue weighted by molar-refractivity contribution is 5.89. The third kappa shape index (κ3) is 9.72. The number of carbonyl (C=O) groups is 2. The summed E-state index contributed by atoms with van der Waals surface area (Å²) in [7, 11) is 0. The predicted octanol–water partition coefficient (Wildman–Crippen LogP) is 4.53. The number of hydrogen-bond donors (Lipinski definition) is 0. The number of hydrogen-bond acceptors (Lipinski definition) is 4. The fourth-order valence-electron chi connectivity index (χ4n) is 2.19. The molecule has 23 heavy (non-hydrogen) atoms. The lowest BCUT2D eigenvalue weighted by Gasteiger charge is -2.06.